The number of aryl methyl sites for hydroxylation is 1. The highest BCUT2D eigenvalue weighted by molar-refractivity contribution is 4.83. The van der Waals surface area contributed by atoms with Crippen LogP contribution in [0.25, 0.3) is 0 Å². The first-order chi connectivity index (χ1) is 9.52. The molecule has 0 aliphatic carbocycles. The van der Waals surface area contributed by atoms with E-state index < -0.39 is 0 Å². The van der Waals surface area contributed by atoms with Crippen molar-refractivity contribution < 1.29 is 9.63 Å². The highest BCUT2D eigenvalue weighted by Gasteiger charge is 2.21. The minimum absolute atomic E-state index is 0.227. The number of piperidine rings is 1. The molecule has 0 spiro atoms. The van der Waals surface area contributed by atoms with E-state index in [1.165, 1.54) is 12.8 Å². The first-order valence-electron chi connectivity index (χ1n) is 7.41. The molecule has 1 aliphatic heterocycles. The molecule has 1 aliphatic rings. The number of aliphatic hydroxyl groups is 1. The largest absolute Gasteiger partial charge is 0.392 e. The molecule has 0 amide bonds. The van der Waals surface area contributed by atoms with Gasteiger partial charge in [-0.05, 0) is 52.7 Å². The van der Waals surface area contributed by atoms with Crippen molar-refractivity contribution in [2.24, 2.45) is 5.92 Å². The molecule has 1 N–H and O–H groups in total. The van der Waals surface area contributed by atoms with Crippen LogP contribution in [0.4, 0.5) is 0 Å². The van der Waals surface area contributed by atoms with Gasteiger partial charge in [-0.2, -0.15) is 4.98 Å². The van der Waals surface area contributed by atoms with Crippen molar-refractivity contribution >= 4 is 0 Å². The number of rotatable bonds is 6. The van der Waals surface area contributed by atoms with Crippen molar-refractivity contribution in [2.75, 3.05) is 33.2 Å². The van der Waals surface area contributed by atoms with Gasteiger partial charge in [-0.25, -0.2) is 0 Å². The molecule has 20 heavy (non-hydrogen) atoms. The topological polar surface area (TPSA) is 65.6 Å². The Balaban J connectivity index is 1.69. The van der Waals surface area contributed by atoms with Crippen LogP contribution >= 0.6 is 0 Å². The molecule has 2 rings (SSSR count). The highest BCUT2D eigenvalue weighted by Crippen LogP contribution is 2.18. The second-order valence-electron chi connectivity index (χ2n) is 6.03. The summed E-state index contributed by atoms with van der Waals surface area (Å²) in [6.07, 6.45) is 2.16. The molecule has 0 bridgehead atoms. The Kier molecular flexibility index (Phi) is 5.51. The Hall–Kier alpha value is -0.980. The lowest BCUT2D eigenvalue weighted by molar-refractivity contribution is 0.0908. The van der Waals surface area contributed by atoms with Gasteiger partial charge in [-0.3, -0.25) is 4.90 Å². The van der Waals surface area contributed by atoms with Gasteiger partial charge in [0.05, 0.1) is 12.6 Å². The quantitative estimate of drug-likeness (QED) is 0.836. The van der Waals surface area contributed by atoms with Gasteiger partial charge in [-0.1, -0.05) is 5.16 Å². The van der Waals surface area contributed by atoms with E-state index in [1.807, 2.05) is 13.8 Å². The Morgan fingerprint density at radius 3 is 2.70 bits per heavy atom. The first kappa shape index (κ1) is 15.4. The second kappa shape index (κ2) is 7.15. The van der Waals surface area contributed by atoms with Crippen LogP contribution in [0.1, 0.15) is 31.5 Å². The predicted octanol–water partition coefficient (Wildman–Crippen LogP) is 0.903. The molecule has 0 saturated carbocycles. The summed E-state index contributed by atoms with van der Waals surface area (Å²) in [4.78, 5) is 8.83. The van der Waals surface area contributed by atoms with E-state index in [1.54, 1.807) is 0 Å². The van der Waals surface area contributed by atoms with Crippen molar-refractivity contribution in [2.45, 2.75) is 39.3 Å². The number of hydrogen-bond acceptors (Lipinski definition) is 6. The number of likely N-dealkylation sites (tertiary alicyclic amines) is 1. The third kappa shape index (κ3) is 4.85. The monoisotopic (exact) mass is 282 g/mol. The summed E-state index contributed by atoms with van der Waals surface area (Å²) < 4.78 is 5.15. The summed E-state index contributed by atoms with van der Waals surface area (Å²) >= 11 is 0. The number of aliphatic hydroxyl groups excluding tert-OH is 1. The molecule has 0 unspecified atom stereocenters. The molecular weight excluding hydrogens is 256 g/mol. The molecule has 114 valence electrons. The standard InChI is InChI=1S/C14H26N4O2/c1-11(19)8-18-6-4-13(5-7-18)9-17(3)10-14-15-12(2)16-20-14/h11,13,19H,4-10H2,1-3H3/t11-/m0/s1. The molecular formula is C14H26N4O2. The Bertz CT molecular complexity index is 400. The van der Waals surface area contributed by atoms with Gasteiger partial charge in [-0.15, -0.1) is 0 Å². The molecule has 1 saturated heterocycles. The van der Waals surface area contributed by atoms with Crippen molar-refractivity contribution in [3.63, 3.8) is 0 Å². The summed E-state index contributed by atoms with van der Waals surface area (Å²) in [5, 5.41) is 13.2. The SMILES string of the molecule is Cc1noc(CN(C)CC2CCN(C[C@H](C)O)CC2)n1. The van der Waals surface area contributed by atoms with Gasteiger partial charge in [0, 0.05) is 13.1 Å². The minimum atomic E-state index is -0.227. The van der Waals surface area contributed by atoms with E-state index >= 15 is 0 Å². The lowest BCUT2D eigenvalue weighted by Gasteiger charge is -2.34. The molecule has 0 aromatic carbocycles. The summed E-state index contributed by atoms with van der Waals surface area (Å²) in [5.41, 5.74) is 0. The third-order valence-electron chi connectivity index (χ3n) is 3.77. The zero-order chi connectivity index (χ0) is 14.5. The lowest BCUT2D eigenvalue weighted by Crippen LogP contribution is -2.40. The van der Waals surface area contributed by atoms with Gasteiger partial charge < -0.3 is 14.5 Å². The fourth-order valence-electron chi connectivity index (χ4n) is 2.87. The Labute approximate surface area is 120 Å². The van der Waals surface area contributed by atoms with E-state index in [0.29, 0.717) is 24.2 Å². The van der Waals surface area contributed by atoms with E-state index in [9.17, 15) is 5.11 Å². The zero-order valence-corrected chi connectivity index (χ0v) is 12.7. The summed E-state index contributed by atoms with van der Waals surface area (Å²) in [6, 6.07) is 0. The highest BCUT2D eigenvalue weighted by atomic mass is 16.5. The van der Waals surface area contributed by atoms with Crippen LogP contribution in [0.3, 0.4) is 0 Å². The maximum absolute atomic E-state index is 9.41. The lowest BCUT2D eigenvalue weighted by atomic mass is 9.96. The van der Waals surface area contributed by atoms with E-state index in [-0.39, 0.29) is 6.10 Å². The molecule has 1 aromatic rings. The van der Waals surface area contributed by atoms with Gasteiger partial charge >= 0.3 is 0 Å². The average Bonchev–Trinajstić information content (AvgIpc) is 2.76. The first-order valence-corrected chi connectivity index (χ1v) is 7.41. The predicted molar refractivity (Wildman–Crippen MR) is 76.2 cm³/mol. The number of aromatic nitrogens is 2. The smallest absolute Gasteiger partial charge is 0.240 e. The normalized spacial score (nSPS) is 19.6. The summed E-state index contributed by atoms with van der Waals surface area (Å²) in [7, 11) is 2.10. The number of nitrogens with zero attached hydrogens (tertiary/aromatic N) is 4. The van der Waals surface area contributed by atoms with Crippen molar-refractivity contribution in [3.05, 3.63) is 11.7 Å². The van der Waals surface area contributed by atoms with Gasteiger partial charge in [0.15, 0.2) is 5.82 Å². The molecule has 0 radical (unpaired) electrons. The third-order valence-corrected chi connectivity index (χ3v) is 3.77. The average molecular weight is 282 g/mol. The van der Waals surface area contributed by atoms with Gasteiger partial charge in [0.2, 0.25) is 5.89 Å². The molecule has 2 heterocycles. The maximum Gasteiger partial charge on any atom is 0.240 e. The van der Waals surface area contributed by atoms with Gasteiger partial charge in [0.25, 0.3) is 0 Å². The Morgan fingerprint density at radius 1 is 1.45 bits per heavy atom. The van der Waals surface area contributed by atoms with Crippen LogP contribution in [0.2, 0.25) is 0 Å². The summed E-state index contributed by atoms with van der Waals surface area (Å²) in [5.74, 6) is 2.10. The second-order valence-corrected chi connectivity index (χ2v) is 6.03. The van der Waals surface area contributed by atoms with Crippen molar-refractivity contribution in [1.82, 2.24) is 19.9 Å². The molecule has 1 fully saturated rings. The van der Waals surface area contributed by atoms with Crippen LogP contribution in [-0.4, -0.2) is 64.4 Å². The van der Waals surface area contributed by atoms with Crippen LogP contribution in [-0.2, 0) is 6.54 Å². The molecule has 6 heteroatoms. The molecule has 6 nitrogen and oxygen atoms in total. The Morgan fingerprint density at radius 2 is 2.15 bits per heavy atom. The molecule has 1 atom stereocenters. The summed E-state index contributed by atoms with van der Waals surface area (Å²) in [6.45, 7) is 8.44. The maximum atomic E-state index is 9.41. The van der Waals surface area contributed by atoms with Crippen LogP contribution < -0.4 is 0 Å². The van der Waals surface area contributed by atoms with Crippen LogP contribution in [0.15, 0.2) is 4.52 Å². The van der Waals surface area contributed by atoms with E-state index in [4.69, 9.17) is 4.52 Å². The van der Waals surface area contributed by atoms with Crippen LogP contribution in [0.5, 0.6) is 0 Å². The minimum Gasteiger partial charge on any atom is -0.392 e. The zero-order valence-electron chi connectivity index (χ0n) is 12.7. The van der Waals surface area contributed by atoms with Crippen molar-refractivity contribution in [3.8, 4) is 0 Å². The van der Waals surface area contributed by atoms with E-state index in [0.717, 1.165) is 26.2 Å². The fourth-order valence-corrected chi connectivity index (χ4v) is 2.87. The number of β-amino-alcohol motifs (C(OH)–C–C–N with tert-alkyl or cyclic N) is 1. The fraction of sp³-hybridized carbons (Fsp3) is 0.857. The van der Waals surface area contributed by atoms with Crippen molar-refractivity contribution in [1.29, 1.82) is 0 Å². The van der Waals surface area contributed by atoms with Gasteiger partial charge in [0.1, 0.15) is 0 Å². The van der Waals surface area contributed by atoms with Crippen LogP contribution in [0, 0.1) is 12.8 Å². The molecule has 1 aromatic heterocycles. The number of hydrogen-bond donors (Lipinski definition) is 1. The van der Waals surface area contributed by atoms with E-state index in [2.05, 4.69) is 27.0 Å².